The quantitative estimate of drug-likeness (QED) is 0.823. The number of carbonyl (C=O) groups excluding carboxylic acids is 1. The van der Waals surface area contributed by atoms with Crippen molar-refractivity contribution in [1.82, 2.24) is 20.3 Å². The molecule has 0 atom stereocenters. The molecule has 1 aromatic heterocycles. The summed E-state index contributed by atoms with van der Waals surface area (Å²) in [6.07, 6.45) is 0. The van der Waals surface area contributed by atoms with Crippen molar-refractivity contribution in [3.05, 3.63) is 35.9 Å². The van der Waals surface area contributed by atoms with Gasteiger partial charge in [0.1, 0.15) is 5.82 Å². The number of anilines is 2. The van der Waals surface area contributed by atoms with E-state index in [0.717, 1.165) is 0 Å². The highest BCUT2D eigenvalue weighted by Crippen LogP contribution is 2.14. The van der Waals surface area contributed by atoms with E-state index in [0.29, 0.717) is 38.1 Å². The fourth-order valence-corrected chi connectivity index (χ4v) is 2.35. The van der Waals surface area contributed by atoms with Gasteiger partial charge < -0.3 is 25.0 Å². The number of rotatable bonds is 5. The Labute approximate surface area is 149 Å². The van der Waals surface area contributed by atoms with Crippen molar-refractivity contribution >= 4 is 17.7 Å². The van der Waals surface area contributed by atoms with E-state index in [4.69, 9.17) is 9.47 Å². The smallest absolute Gasteiger partial charge is 0.321 e. The molecule has 1 aliphatic heterocycles. The van der Waals surface area contributed by atoms with E-state index >= 15 is 0 Å². The van der Waals surface area contributed by atoms with Crippen molar-refractivity contribution in [3.8, 4) is 6.01 Å². The zero-order valence-electron chi connectivity index (χ0n) is 14.2. The van der Waals surface area contributed by atoms with Crippen LogP contribution in [0.15, 0.2) is 24.3 Å². The fourth-order valence-electron chi connectivity index (χ4n) is 2.35. The van der Waals surface area contributed by atoms with Crippen LogP contribution in [0.1, 0.15) is 5.82 Å². The lowest BCUT2D eigenvalue weighted by Gasteiger charge is -2.26. The summed E-state index contributed by atoms with van der Waals surface area (Å²) in [5.41, 5.74) is 0.0900. The predicted molar refractivity (Wildman–Crippen MR) is 91.7 cm³/mol. The third-order valence-electron chi connectivity index (χ3n) is 3.66. The van der Waals surface area contributed by atoms with Gasteiger partial charge in [0.25, 0.3) is 0 Å². The van der Waals surface area contributed by atoms with Crippen molar-refractivity contribution in [2.24, 2.45) is 0 Å². The van der Waals surface area contributed by atoms with Crippen molar-refractivity contribution in [2.45, 2.75) is 6.54 Å². The van der Waals surface area contributed by atoms with Crippen molar-refractivity contribution in [1.29, 1.82) is 0 Å². The molecule has 0 radical (unpaired) electrons. The van der Waals surface area contributed by atoms with Gasteiger partial charge in [-0.05, 0) is 12.1 Å². The maximum Gasteiger partial charge on any atom is 0.321 e. The van der Waals surface area contributed by atoms with E-state index in [1.54, 1.807) is 12.1 Å². The Bertz CT molecular complexity index is 769. The number of hydrogen-bond donors (Lipinski definition) is 2. The Balaban J connectivity index is 1.65. The van der Waals surface area contributed by atoms with E-state index in [2.05, 4.69) is 25.6 Å². The predicted octanol–water partition coefficient (Wildman–Crippen LogP) is 1.18. The van der Waals surface area contributed by atoms with Crippen LogP contribution >= 0.6 is 0 Å². The van der Waals surface area contributed by atoms with Gasteiger partial charge in [0, 0.05) is 13.1 Å². The van der Waals surface area contributed by atoms with E-state index < -0.39 is 11.8 Å². The van der Waals surface area contributed by atoms with Gasteiger partial charge in [0.2, 0.25) is 5.95 Å². The summed E-state index contributed by atoms with van der Waals surface area (Å²) in [5.74, 6) is 0.285. The Morgan fingerprint density at radius 2 is 2.04 bits per heavy atom. The molecule has 1 saturated heterocycles. The topological polar surface area (TPSA) is 102 Å². The van der Waals surface area contributed by atoms with Crippen molar-refractivity contribution in [3.63, 3.8) is 0 Å². The first-order valence-corrected chi connectivity index (χ1v) is 8.06. The van der Waals surface area contributed by atoms with Gasteiger partial charge in [-0.1, -0.05) is 12.1 Å². The molecule has 0 bridgehead atoms. The van der Waals surface area contributed by atoms with Gasteiger partial charge >= 0.3 is 12.0 Å². The Morgan fingerprint density at radius 1 is 1.27 bits per heavy atom. The average Bonchev–Trinajstić information content (AvgIpc) is 2.68. The molecule has 0 unspecified atom stereocenters. The van der Waals surface area contributed by atoms with Gasteiger partial charge in [0.15, 0.2) is 5.82 Å². The van der Waals surface area contributed by atoms with E-state index in [9.17, 15) is 9.18 Å². The molecule has 2 heterocycles. The van der Waals surface area contributed by atoms with Gasteiger partial charge in [-0.2, -0.15) is 15.0 Å². The van der Waals surface area contributed by atoms with Crippen LogP contribution in [-0.4, -0.2) is 54.4 Å². The second-order valence-corrected chi connectivity index (χ2v) is 5.43. The van der Waals surface area contributed by atoms with Crippen LogP contribution in [0.25, 0.3) is 0 Å². The largest absolute Gasteiger partial charge is 0.467 e. The van der Waals surface area contributed by atoms with Crippen LogP contribution in [-0.2, 0) is 11.3 Å². The van der Waals surface area contributed by atoms with E-state index in [1.807, 2.05) is 4.90 Å². The highest BCUT2D eigenvalue weighted by Gasteiger charge is 2.17. The molecule has 1 aromatic carbocycles. The number of methoxy groups -OCH3 is 1. The molecule has 9 nitrogen and oxygen atoms in total. The molecular weight excluding hydrogens is 343 g/mol. The molecule has 10 heteroatoms. The van der Waals surface area contributed by atoms with Gasteiger partial charge in [-0.25, -0.2) is 9.18 Å². The number of para-hydroxylation sites is 1. The summed E-state index contributed by atoms with van der Waals surface area (Å²) in [5, 5.41) is 5.02. The standard InChI is InChI=1S/C16H19FN6O3/c1-25-16-21-13(20-14(22-16)23-6-8-26-9-7-23)10-18-15(24)19-12-5-3-2-4-11(12)17/h2-5H,6-10H2,1H3,(H2,18,19,24). The number of nitrogens with zero attached hydrogens (tertiary/aromatic N) is 4. The van der Waals surface area contributed by atoms with Crippen LogP contribution in [0.4, 0.5) is 20.8 Å². The SMILES string of the molecule is COc1nc(CNC(=O)Nc2ccccc2F)nc(N2CCOCC2)n1. The molecule has 0 spiro atoms. The second kappa shape index (κ2) is 8.39. The third kappa shape index (κ3) is 4.54. The lowest BCUT2D eigenvalue weighted by Crippen LogP contribution is -2.38. The number of ether oxygens (including phenoxy) is 2. The van der Waals surface area contributed by atoms with Crippen LogP contribution in [0.3, 0.4) is 0 Å². The maximum atomic E-state index is 13.6. The zero-order chi connectivity index (χ0) is 18.4. The van der Waals surface area contributed by atoms with Crippen molar-refractivity contribution in [2.75, 3.05) is 43.6 Å². The van der Waals surface area contributed by atoms with Crippen LogP contribution in [0.5, 0.6) is 6.01 Å². The summed E-state index contributed by atoms with van der Waals surface area (Å²) >= 11 is 0. The first-order valence-electron chi connectivity index (χ1n) is 8.06. The van der Waals surface area contributed by atoms with Crippen LogP contribution in [0.2, 0.25) is 0 Å². The minimum Gasteiger partial charge on any atom is -0.467 e. The first kappa shape index (κ1) is 17.8. The highest BCUT2D eigenvalue weighted by atomic mass is 19.1. The lowest BCUT2D eigenvalue weighted by atomic mass is 10.3. The summed E-state index contributed by atoms with van der Waals surface area (Å²) in [6.45, 7) is 2.54. The molecule has 26 heavy (non-hydrogen) atoms. The van der Waals surface area contributed by atoms with E-state index in [-0.39, 0.29) is 18.2 Å². The average molecular weight is 362 g/mol. The number of urea groups is 1. The molecule has 0 aliphatic carbocycles. The maximum absolute atomic E-state index is 13.6. The molecular formula is C16H19FN6O3. The zero-order valence-corrected chi connectivity index (χ0v) is 14.2. The van der Waals surface area contributed by atoms with Crippen molar-refractivity contribution < 1.29 is 18.7 Å². The molecule has 138 valence electrons. The van der Waals surface area contributed by atoms with Crippen LogP contribution in [0, 0.1) is 5.82 Å². The summed E-state index contributed by atoms with van der Waals surface area (Å²) in [7, 11) is 1.46. The fraction of sp³-hybridized carbons (Fsp3) is 0.375. The number of halogens is 1. The summed E-state index contributed by atoms with van der Waals surface area (Å²) in [4.78, 5) is 26.6. The Morgan fingerprint density at radius 3 is 2.77 bits per heavy atom. The van der Waals surface area contributed by atoms with E-state index in [1.165, 1.54) is 19.2 Å². The minimum absolute atomic E-state index is 0.0382. The molecule has 3 rings (SSSR count). The van der Waals surface area contributed by atoms with Gasteiger partial charge in [0.05, 0.1) is 32.6 Å². The lowest BCUT2D eigenvalue weighted by molar-refractivity contribution is 0.122. The number of morpholine rings is 1. The molecule has 2 amide bonds. The molecule has 0 saturated carbocycles. The number of hydrogen-bond acceptors (Lipinski definition) is 7. The Hall–Kier alpha value is -3.01. The monoisotopic (exact) mass is 362 g/mol. The van der Waals surface area contributed by atoms with Gasteiger partial charge in [-0.15, -0.1) is 0 Å². The number of benzene rings is 1. The van der Waals surface area contributed by atoms with Crippen LogP contribution < -0.4 is 20.3 Å². The molecule has 1 aliphatic rings. The number of amides is 2. The number of nitrogens with one attached hydrogen (secondary N) is 2. The third-order valence-corrected chi connectivity index (χ3v) is 3.66. The number of aromatic nitrogens is 3. The second-order valence-electron chi connectivity index (χ2n) is 5.43. The van der Waals surface area contributed by atoms with Gasteiger partial charge in [-0.3, -0.25) is 0 Å². The first-order chi connectivity index (χ1) is 12.7. The molecule has 2 N–H and O–H groups in total. The normalized spacial score (nSPS) is 14.0. The number of carbonyl (C=O) groups is 1. The molecule has 2 aromatic rings. The molecule has 1 fully saturated rings. The minimum atomic E-state index is -0.567. The highest BCUT2D eigenvalue weighted by molar-refractivity contribution is 5.89. The Kier molecular flexibility index (Phi) is 5.74. The summed E-state index contributed by atoms with van der Waals surface area (Å²) in [6, 6.07) is 5.50. The summed E-state index contributed by atoms with van der Waals surface area (Å²) < 4.78 is 24.0.